The van der Waals surface area contributed by atoms with Crippen molar-refractivity contribution in [1.29, 1.82) is 0 Å². The van der Waals surface area contributed by atoms with Crippen LogP contribution >= 0.6 is 0 Å². The number of para-hydroxylation sites is 1. The minimum Gasteiger partial charge on any atom is -0.456 e. The molecule has 0 fully saturated rings. The zero-order valence-corrected chi connectivity index (χ0v) is 27.8. The summed E-state index contributed by atoms with van der Waals surface area (Å²) >= 11 is 0. The second kappa shape index (κ2) is 10.8. The molecule has 3 heteroatoms. The van der Waals surface area contributed by atoms with E-state index in [9.17, 15) is 0 Å². The Morgan fingerprint density at radius 1 is 0.400 bits per heavy atom. The van der Waals surface area contributed by atoms with Crippen LogP contribution in [0.15, 0.2) is 162 Å². The SMILES string of the molecule is CC1(C)c2ccccc2-c2cc(-c3ccc(-c4cc(-c5ccc6oc7ccccc7c6c5)nc(-c5ccccc5)n4)c4ccccc34)ccc21. The summed E-state index contributed by atoms with van der Waals surface area (Å²) in [6.45, 7) is 4.66. The van der Waals surface area contributed by atoms with Crippen LogP contribution in [0, 0.1) is 0 Å². The third kappa shape index (κ3) is 4.37. The Kier molecular flexibility index (Phi) is 6.22. The molecule has 0 saturated heterocycles. The van der Waals surface area contributed by atoms with Crippen molar-refractivity contribution in [2.75, 3.05) is 0 Å². The molecule has 0 saturated carbocycles. The summed E-state index contributed by atoms with van der Waals surface area (Å²) in [4.78, 5) is 10.4. The van der Waals surface area contributed by atoms with Crippen LogP contribution in [-0.4, -0.2) is 9.97 Å². The standard InChI is InChI=1S/C47H32N2O/c1-47(2)40-18-10-8-16-35(40)38-26-30(20-24-41(38)47)32-22-23-36(34-15-7-6-14-33(32)34)43-28-42(48-46(49-43)29-12-4-3-5-13-29)31-21-25-45-39(27-31)37-17-9-11-19-44(37)50-45/h3-28H,1-2H3. The van der Waals surface area contributed by atoms with E-state index in [0.717, 1.165) is 55.4 Å². The number of hydrogen-bond donors (Lipinski definition) is 0. The van der Waals surface area contributed by atoms with E-state index in [1.54, 1.807) is 0 Å². The van der Waals surface area contributed by atoms with Gasteiger partial charge in [-0.15, -0.1) is 0 Å². The average Bonchev–Trinajstić information content (AvgIpc) is 3.66. The van der Waals surface area contributed by atoms with Crippen LogP contribution in [0.2, 0.25) is 0 Å². The molecule has 1 aliphatic carbocycles. The van der Waals surface area contributed by atoms with Crippen molar-refractivity contribution < 1.29 is 4.42 Å². The molecule has 1 aliphatic rings. The molecule has 2 heterocycles. The zero-order valence-electron chi connectivity index (χ0n) is 27.8. The Balaban J connectivity index is 1.15. The molecule has 50 heavy (non-hydrogen) atoms. The van der Waals surface area contributed by atoms with E-state index in [0.29, 0.717) is 5.82 Å². The monoisotopic (exact) mass is 640 g/mol. The molecular formula is C47H32N2O. The van der Waals surface area contributed by atoms with Crippen LogP contribution in [0.5, 0.6) is 0 Å². The number of rotatable bonds is 4. The average molecular weight is 641 g/mol. The summed E-state index contributed by atoms with van der Waals surface area (Å²) in [6.07, 6.45) is 0. The molecule has 9 aromatic rings. The maximum atomic E-state index is 6.14. The Bertz CT molecular complexity index is 2790. The number of furan rings is 1. The quantitative estimate of drug-likeness (QED) is 0.192. The lowest BCUT2D eigenvalue weighted by Gasteiger charge is -2.21. The van der Waals surface area contributed by atoms with Gasteiger partial charge in [0, 0.05) is 32.9 Å². The fourth-order valence-corrected chi connectivity index (χ4v) is 8.00. The van der Waals surface area contributed by atoms with E-state index in [2.05, 4.69) is 141 Å². The highest BCUT2D eigenvalue weighted by Gasteiger charge is 2.35. The van der Waals surface area contributed by atoms with Gasteiger partial charge in [-0.1, -0.05) is 135 Å². The van der Waals surface area contributed by atoms with Gasteiger partial charge in [0.15, 0.2) is 5.82 Å². The highest BCUT2D eigenvalue weighted by atomic mass is 16.3. The Morgan fingerprint density at radius 3 is 1.90 bits per heavy atom. The van der Waals surface area contributed by atoms with E-state index in [-0.39, 0.29) is 5.41 Å². The largest absolute Gasteiger partial charge is 0.456 e. The van der Waals surface area contributed by atoms with Crippen LogP contribution in [0.3, 0.4) is 0 Å². The third-order valence-corrected chi connectivity index (χ3v) is 10.5. The van der Waals surface area contributed by atoms with Crippen molar-refractivity contribution in [3.63, 3.8) is 0 Å². The van der Waals surface area contributed by atoms with E-state index < -0.39 is 0 Å². The third-order valence-electron chi connectivity index (χ3n) is 10.5. The van der Waals surface area contributed by atoms with Crippen molar-refractivity contribution in [2.24, 2.45) is 0 Å². The predicted molar refractivity (Wildman–Crippen MR) is 206 cm³/mol. The van der Waals surface area contributed by atoms with Crippen molar-refractivity contribution >= 4 is 32.7 Å². The Morgan fingerprint density at radius 2 is 1.04 bits per heavy atom. The van der Waals surface area contributed by atoms with Crippen molar-refractivity contribution in [3.8, 4) is 56.2 Å². The fraction of sp³-hybridized carbons (Fsp3) is 0.0638. The molecule has 2 aromatic heterocycles. The first-order valence-corrected chi connectivity index (χ1v) is 17.2. The summed E-state index contributed by atoms with van der Waals surface area (Å²) in [5.41, 5.74) is 14.4. The molecule has 0 amide bonds. The van der Waals surface area contributed by atoms with Gasteiger partial charge in [0.05, 0.1) is 11.4 Å². The zero-order chi connectivity index (χ0) is 33.4. The molecule has 0 atom stereocenters. The molecule has 7 aromatic carbocycles. The van der Waals surface area contributed by atoms with Crippen molar-refractivity contribution in [1.82, 2.24) is 9.97 Å². The molecule has 0 unspecified atom stereocenters. The second-order valence-electron chi connectivity index (χ2n) is 13.8. The van der Waals surface area contributed by atoms with Gasteiger partial charge in [-0.2, -0.15) is 0 Å². The lowest BCUT2D eigenvalue weighted by molar-refractivity contribution is 0.660. The van der Waals surface area contributed by atoms with Gasteiger partial charge in [0.1, 0.15) is 11.2 Å². The van der Waals surface area contributed by atoms with Gasteiger partial charge < -0.3 is 4.42 Å². The Labute approximate surface area is 290 Å². The molecule has 10 rings (SSSR count). The smallest absolute Gasteiger partial charge is 0.160 e. The lowest BCUT2D eigenvalue weighted by atomic mass is 9.82. The predicted octanol–water partition coefficient (Wildman–Crippen LogP) is 12.5. The second-order valence-corrected chi connectivity index (χ2v) is 13.8. The summed E-state index contributed by atoms with van der Waals surface area (Å²) in [6, 6.07) is 55.9. The maximum absolute atomic E-state index is 6.14. The normalized spacial score (nSPS) is 13.2. The number of benzene rings is 7. The first kappa shape index (κ1) is 28.7. The summed E-state index contributed by atoms with van der Waals surface area (Å²) in [5.74, 6) is 0.698. The molecule has 0 radical (unpaired) electrons. The van der Waals surface area contributed by atoms with Gasteiger partial charge >= 0.3 is 0 Å². The summed E-state index contributed by atoms with van der Waals surface area (Å²) < 4.78 is 6.14. The van der Waals surface area contributed by atoms with E-state index >= 15 is 0 Å². The lowest BCUT2D eigenvalue weighted by Crippen LogP contribution is -2.14. The van der Waals surface area contributed by atoms with Gasteiger partial charge in [0.2, 0.25) is 0 Å². The summed E-state index contributed by atoms with van der Waals surface area (Å²) in [7, 11) is 0. The number of hydrogen-bond acceptors (Lipinski definition) is 3. The summed E-state index contributed by atoms with van der Waals surface area (Å²) in [5, 5.41) is 4.53. The van der Waals surface area contributed by atoms with Gasteiger partial charge in [-0.25, -0.2) is 9.97 Å². The van der Waals surface area contributed by atoms with Gasteiger partial charge in [-0.05, 0) is 80.6 Å². The highest BCUT2D eigenvalue weighted by Crippen LogP contribution is 2.50. The fourth-order valence-electron chi connectivity index (χ4n) is 8.00. The van der Waals surface area contributed by atoms with Gasteiger partial charge in [-0.3, -0.25) is 0 Å². The van der Waals surface area contributed by atoms with E-state index in [1.807, 2.05) is 30.3 Å². The van der Waals surface area contributed by atoms with Crippen molar-refractivity contribution in [3.05, 3.63) is 169 Å². The van der Waals surface area contributed by atoms with Crippen LogP contribution in [0.25, 0.3) is 88.9 Å². The van der Waals surface area contributed by atoms with Crippen LogP contribution in [0.1, 0.15) is 25.0 Å². The number of nitrogens with zero attached hydrogens (tertiary/aromatic N) is 2. The van der Waals surface area contributed by atoms with E-state index in [4.69, 9.17) is 14.4 Å². The van der Waals surface area contributed by atoms with Crippen LogP contribution < -0.4 is 0 Å². The topological polar surface area (TPSA) is 38.9 Å². The molecule has 236 valence electrons. The molecular weight excluding hydrogens is 609 g/mol. The van der Waals surface area contributed by atoms with Crippen LogP contribution in [0.4, 0.5) is 0 Å². The molecule has 0 bridgehead atoms. The minimum atomic E-state index is -0.0210. The van der Waals surface area contributed by atoms with Crippen molar-refractivity contribution in [2.45, 2.75) is 19.3 Å². The van der Waals surface area contributed by atoms with Gasteiger partial charge in [0.25, 0.3) is 0 Å². The Hall–Kier alpha value is -6.32. The number of fused-ring (bicyclic) bond motifs is 7. The molecule has 0 aliphatic heterocycles. The molecule has 3 nitrogen and oxygen atoms in total. The number of aromatic nitrogens is 2. The van der Waals surface area contributed by atoms with Crippen LogP contribution in [-0.2, 0) is 5.41 Å². The first-order chi connectivity index (χ1) is 24.5. The maximum Gasteiger partial charge on any atom is 0.160 e. The molecule has 0 N–H and O–H groups in total. The first-order valence-electron chi connectivity index (χ1n) is 17.2. The van der Waals surface area contributed by atoms with E-state index in [1.165, 1.54) is 38.8 Å². The highest BCUT2D eigenvalue weighted by molar-refractivity contribution is 6.07. The molecule has 0 spiro atoms. The minimum absolute atomic E-state index is 0.0210.